The van der Waals surface area contributed by atoms with Gasteiger partial charge in [-0.15, -0.1) is 0 Å². The third-order valence-electron chi connectivity index (χ3n) is 2.04. The molecule has 0 saturated heterocycles. The second-order valence-electron chi connectivity index (χ2n) is 2.89. The third-order valence-corrected chi connectivity index (χ3v) is 2.04. The van der Waals surface area contributed by atoms with Gasteiger partial charge in [-0.3, -0.25) is 4.79 Å². The Morgan fingerprint density at radius 3 is 2.91 bits per heavy atom. The fraction of sp³-hybridized carbons (Fsp3) is 0.625. The summed E-state index contributed by atoms with van der Waals surface area (Å²) in [6.07, 6.45) is 6.95. The molecular formula is C8H13NO2. The van der Waals surface area contributed by atoms with Crippen molar-refractivity contribution in [2.45, 2.75) is 25.3 Å². The molecule has 3 heteroatoms. The number of hydrogen-bond donors (Lipinski definition) is 2. The molecule has 2 atom stereocenters. The summed E-state index contributed by atoms with van der Waals surface area (Å²) in [5.41, 5.74) is 5.44. The summed E-state index contributed by atoms with van der Waals surface area (Å²) in [6, 6.07) is -0.716. The van der Waals surface area contributed by atoms with Crippen molar-refractivity contribution < 1.29 is 9.90 Å². The van der Waals surface area contributed by atoms with Gasteiger partial charge in [0, 0.05) is 5.92 Å². The van der Waals surface area contributed by atoms with E-state index in [1.165, 1.54) is 0 Å². The summed E-state index contributed by atoms with van der Waals surface area (Å²) in [6.45, 7) is 0. The smallest absolute Gasteiger partial charge is 0.321 e. The first kappa shape index (κ1) is 8.27. The van der Waals surface area contributed by atoms with Gasteiger partial charge in [0.05, 0.1) is 0 Å². The summed E-state index contributed by atoms with van der Waals surface area (Å²) in [5.74, 6) is -0.859. The molecule has 0 bridgehead atoms. The summed E-state index contributed by atoms with van der Waals surface area (Å²) in [7, 11) is 0. The van der Waals surface area contributed by atoms with Crippen LogP contribution in [0.4, 0.5) is 0 Å². The molecule has 0 heterocycles. The van der Waals surface area contributed by atoms with E-state index in [0.29, 0.717) is 0 Å². The highest BCUT2D eigenvalue weighted by Crippen LogP contribution is 2.19. The Morgan fingerprint density at radius 2 is 2.45 bits per heavy atom. The first-order valence-electron chi connectivity index (χ1n) is 3.87. The highest BCUT2D eigenvalue weighted by molar-refractivity contribution is 5.73. The summed E-state index contributed by atoms with van der Waals surface area (Å²) in [5, 5.41) is 8.58. The normalized spacial score (nSPS) is 26.5. The van der Waals surface area contributed by atoms with Gasteiger partial charge in [0.15, 0.2) is 0 Å². The molecule has 1 aliphatic carbocycles. The molecule has 0 aromatic rings. The van der Waals surface area contributed by atoms with Crippen LogP contribution >= 0.6 is 0 Å². The molecule has 0 radical (unpaired) electrons. The topological polar surface area (TPSA) is 63.3 Å². The zero-order chi connectivity index (χ0) is 8.27. The zero-order valence-electron chi connectivity index (χ0n) is 6.36. The SMILES string of the molecule is N[C@H](C(=O)O)[C@@H]1C=CCCC1. The standard InChI is InChI=1S/C8H13NO2/c9-7(8(10)11)6-4-2-1-3-5-6/h2,4,6-7H,1,3,5,9H2,(H,10,11)/t6-,7+/m1/s1. The minimum atomic E-state index is -0.901. The monoisotopic (exact) mass is 155 g/mol. The Morgan fingerprint density at radius 1 is 1.73 bits per heavy atom. The van der Waals surface area contributed by atoms with Gasteiger partial charge in [0.2, 0.25) is 0 Å². The predicted molar refractivity (Wildman–Crippen MR) is 42.1 cm³/mol. The van der Waals surface area contributed by atoms with Crippen molar-refractivity contribution in [1.29, 1.82) is 0 Å². The molecular weight excluding hydrogens is 142 g/mol. The van der Waals surface area contributed by atoms with Crippen LogP contribution < -0.4 is 5.73 Å². The highest BCUT2D eigenvalue weighted by Gasteiger charge is 2.22. The fourth-order valence-electron chi connectivity index (χ4n) is 1.32. The number of aliphatic carboxylic acids is 1. The second-order valence-corrected chi connectivity index (χ2v) is 2.89. The lowest BCUT2D eigenvalue weighted by atomic mass is 9.90. The van der Waals surface area contributed by atoms with E-state index in [-0.39, 0.29) is 5.92 Å². The maximum Gasteiger partial charge on any atom is 0.321 e. The molecule has 11 heavy (non-hydrogen) atoms. The molecule has 0 fully saturated rings. The van der Waals surface area contributed by atoms with Crippen LogP contribution in [0.3, 0.4) is 0 Å². The lowest BCUT2D eigenvalue weighted by Crippen LogP contribution is -2.37. The van der Waals surface area contributed by atoms with E-state index in [4.69, 9.17) is 10.8 Å². The lowest BCUT2D eigenvalue weighted by Gasteiger charge is -2.19. The zero-order valence-corrected chi connectivity index (χ0v) is 6.36. The van der Waals surface area contributed by atoms with Gasteiger partial charge < -0.3 is 10.8 Å². The molecule has 0 amide bonds. The van der Waals surface area contributed by atoms with Gasteiger partial charge in [-0.2, -0.15) is 0 Å². The number of nitrogens with two attached hydrogens (primary N) is 1. The largest absolute Gasteiger partial charge is 0.480 e. The molecule has 1 rings (SSSR count). The van der Waals surface area contributed by atoms with Crippen LogP contribution in [0.1, 0.15) is 19.3 Å². The third kappa shape index (κ3) is 2.05. The maximum absolute atomic E-state index is 10.4. The van der Waals surface area contributed by atoms with Gasteiger partial charge in [-0.25, -0.2) is 0 Å². The van der Waals surface area contributed by atoms with E-state index in [0.717, 1.165) is 19.3 Å². The van der Waals surface area contributed by atoms with Gasteiger partial charge >= 0.3 is 5.97 Å². The first-order valence-corrected chi connectivity index (χ1v) is 3.87. The van der Waals surface area contributed by atoms with Crippen molar-refractivity contribution in [3.63, 3.8) is 0 Å². The van der Waals surface area contributed by atoms with E-state index < -0.39 is 12.0 Å². The van der Waals surface area contributed by atoms with E-state index in [1.54, 1.807) is 0 Å². The van der Waals surface area contributed by atoms with Crippen LogP contribution in [0.25, 0.3) is 0 Å². The van der Waals surface area contributed by atoms with Crippen molar-refractivity contribution >= 4 is 5.97 Å². The van der Waals surface area contributed by atoms with Crippen LogP contribution in [0.5, 0.6) is 0 Å². The average Bonchev–Trinajstić information content (AvgIpc) is 2.05. The van der Waals surface area contributed by atoms with Gasteiger partial charge in [0.1, 0.15) is 6.04 Å². The molecule has 0 spiro atoms. The van der Waals surface area contributed by atoms with E-state index in [2.05, 4.69) is 0 Å². The van der Waals surface area contributed by atoms with Crippen LogP contribution in [-0.2, 0) is 4.79 Å². The van der Waals surface area contributed by atoms with Crippen molar-refractivity contribution in [3.8, 4) is 0 Å². The quantitative estimate of drug-likeness (QED) is 0.578. The van der Waals surface area contributed by atoms with Crippen LogP contribution in [0, 0.1) is 5.92 Å². The van der Waals surface area contributed by atoms with Crippen molar-refractivity contribution in [1.82, 2.24) is 0 Å². The number of rotatable bonds is 2. The molecule has 0 saturated carbocycles. The first-order chi connectivity index (χ1) is 5.22. The van der Waals surface area contributed by atoms with E-state index in [9.17, 15) is 4.79 Å². The fourth-order valence-corrected chi connectivity index (χ4v) is 1.32. The Kier molecular flexibility index (Phi) is 2.65. The van der Waals surface area contributed by atoms with Crippen LogP contribution in [0.2, 0.25) is 0 Å². The Hall–Kier alpha value is -0.830. The number of hydrogen-bond acceptors (Lipinski definition) is 2. The Bertz CT molecular complexity index is 177. The van der Waals surface area contributed by atoms with Crippen LogP contribution in [-0.4, -0.2) is 17.1 Å². The Balaban J connectivity index is 2.52. The van der Waals surface area contributed by atoms with Crippen molar-refractivity contribution in [2.75, 3.05) is 0 Å². The number of allylic oxidation sites excluding steroid dienone is 1. The maximum atomic E-state index is 10.4. The summed E-state index contributed by atoms with van der Waals surface area (Å²) < 4.78 is 0. The molecule has 1 aliphatic rings. The molecule has 0 unspecified atom stereocenters. The lowest BCUT2D eigenvalue weighted by molar-refractivity contribution is -0.139. The summed E-state index contributed by atoms with van der Waals surface area (Å²) in [4.78, 5) is 10.4. The molecule has 3 nitrogen and oxygen atoms in total. The highest BCUT2D eigenvalue weighted by atomic mass is 16.4. The molecule has 62 valence electrons. The number of carbonyl (C=O) groups is 1. The summed E-state index contributed by atoms with van der Waals surface area (Å²) >= 11 is 0. The van der Waals surface area contributed by atoms with E-state index in [1.807, 2.05) is 12.2 Å². The van der Waals surface area contributed by atoms with Crippen molar-refractivity contribution in [2.24, 2.45) is 11.7 Å². The number of carboxylic acids is 1. The molecule has 3 N–H and O–H groups in total. The van der Waals surface area contributed by atoms with Gasteiger partial charge in [-0.05, 0) is 19.3 Å². The van der Waals surface area contributed by atoms with Crippen molar-refractivity contribution in [3.05, 3.63) is 12.2 Å². The minimum absolute atomic E-state index is 0.0428. The number of carboxylic acid groups (broad SMARTS) is 1. The van der Waals surface area contributed by atoms with Crippen LogP contribution in [0.15, 0.2) is 12.2 Å². The second kappa shape index (κ2) is 3.53. The van der Waals surface area contributed by atoms with Gasteiger partial charge in [-0.1, -0.05) is 12.2 Å². The van der Waals surface area contributed by atoms with Gasteiger partial charge in [0.25, 0.3) is 0 Å². The molecule has 0 aliphatic heterocycles. The average molecular weight is 155 g/mol. The minimum Gasteiger partial charge on any atom is -0.480 e. The molecule has 0 aromatic heterocycles. The molecule has 0 aromatic carbocycles. The predicted octanol–water partition coefficient (Wildman–Crippen LogP) is 0.755. The van der Waals surface area contributed by atoms with E-state index >= 15 is 0 Å². The Labute approximate surface area is 65.9 Å².